The lowest BCUT2D eigenvalue weighted by Gasteiger charge is -2.35. The summed E-state index contributed by atoms with van der Waals surface area (Å²) in [5, 5.41) is 0. The van der Waals surface area contributed by atoms with Crippen LogP contribution < -0.4 is 9.78 Å². The van der Waals surface area contributed by atoms with E-state index in [0.29, 0.717) is 11.1 Å². The first kappa shape index (κ1) is 34.7. The van der Waals surface area contributed by atoms with E-state index in [1.807, 2.05) is 0 Å². The Hall–Kier alpha value is -5.53. The van der Waals surface area contributed by atoms with Gasteiger partial charge in [0.25, 0.3) is 0 Å². The fraction of sp³-hybridized carbons (Fsp3) is 0.194. The average molecular weight is 611 g/mol. The van der Waals surface area contributed by atoms with E-state index in [4.69, 9.17) is 29.3 Å². The van der Waals surface area contributed by atoms with Gasteiger partial charge in [-0.25, -0.2) is 29.0 Å². The molecule has 0 bridgehead atoms. The van der Waals surface area contributed by atoms with Crippen LogP contribution in [0.15, 0.2) is 99.2 Å². The molecule has 2 unspecified atom stereocenters. The Morgan fingerprint density at radius 2 is 0.841 bits per heavy atom. The highest BCUT2D eigenvalue weighted by Gasteiger charge is 2.50. The monoisotopic (exact) mass is 610 g/mol. The highest BCUT2D eigenvalue weighted by molar-refractivity contribution is 5.95. The lowest BCUT2D eigenvalue weighted by molar-refractivity contribution is -0.339. The lowest BCUT2D eigenvalue weighted by Crippen LogP contribution is -2.55. The summed E-state index contributed by atoms with van der Waals surface area (Å²) in [4.78, 5) is 99.6. The van der Waals surface area contributed by atoms with Crippen molar-refractivity contribution in [1.29, 1.82) is 0 Å². The molecule has 2 atom stereocenters. The van der Waals surface area contributed by atoms with Crippen LogP contribution in [0.2, 0.25) is 0 Å². The van der Waals surface area contributed by atoms with Crippen molar-refractivity contribution in [2.75, 3.05) is 0 Å². The molecule has 0 saturated carbocycles. The van der Waals surface area contributed by atoms with Crippen LogP contribution in [0.1, 0.15) is 25.0 Å². The van der Waals surface area contributed by atoms with Crippen LogP contribution in [0, 0.1) is 0 Å². The number of benzene rings is 2. The van der Waals surface area contributed by atoms with Crippen molar-refractivity contribution in [3.8, 4) is 11.5 Å². The van der Waals surface area contributed by atoms with E-state index in [2.05, 4.69) is 36.1 Å². The van der Waals surface area contributed by atoms with E-state index < -0.39 is 40.9 Å². The summed E-state index contributed by atoms with van der Waals surface area (Å²) in [6.45, 7) is 15.8. The van der Waals surface area contributed by atoms with Crippen molar-refractivity contribution in [2.24, 2.45) is 0 Å². The molecular weight excluding hydrogens is 580 g/mol. The quantitative estimate of drug-likeness (QED) is 0.136. The van der Waals surface area contributed by atoms with Crippen molar-refractivity contribution in [2.45, 2.75) is 37.9 Å². The first-order chi connectivity index (χ1) is 20.9. The Kier molecular flexibility index (Phi) is 12.8. The average Bonchev–Trinajstić information content (AvgIpc) is 3.04. The maximum Gasteiger partial charge on any atom is 0.378 e. The Bertz CT molecular complexity index is 1290. The Morgan fingerprint density at radius 1 is 0.545 bits per heavy atom. The van der Waals surface area contributed by atoms with Gasteiger partial charge in [0, 0.05) is 37.1 Å². The standard InChI is InChI=1S/C31H30O13/c1-7-25(32)39-37-23-15-11-21(12-16-23)19-30(5,43-41-27(34)9-3)29(36)31(6,44-42-28(35)10-4)20-22-13-17-24(18-14-22)38-40-26(33)8-2/h7-18H,1-4,19-20H2,5-6H3. The van der Waals surface area contributed by atoms with E-state index in [-0.39, 0.29) is 24.3 Å². The van der Waals surface area contributed by atoms with Crippen LogP contribution in [0.4, 0.5) is 0 Å². The third-order valence-electron chi connectivity index (χ3n) is 5.61. The number of hydrogen-bond acceptors (Lipinski definition) is 13. The zero-order valence-electron chi connectivity index (χ0n) is 24.0. The molecule has 0 spiro atoms. The van der Waals surface area contributed by atoms with Crippen molar-refractivity contribution < 1.29 is 63.1 Å². The van der Waals surface area contributed by atoms with Gasteiger partial charge in [0.15, 0.2) is 22.7 Å². The van der Waals surface area contributed by atoms with E-state index >= 15 is 0 Å². The summed E-state index contributed by atoms with van der Waals surface area (Å²) in [6, 6.07) is 11.9. The summed E-state index contributed by atoms with van der Waals surface area (Å²) in [6.07, 6.45) is 3.11. The van der Waals surface area contributed by atoms with Gasteiger partial charge in [0.2, 0.25) is 5.78 Å². The second-order valence-corrected chi connectivity index (χ2v) is 9.19. The minimum Gasteiger partial charge on any atom is -0.293 e. The molecule has 0 aliphatic heterocycles. The van der Waals surface area contributed by atoms with Crippen LogP contribution in [-0.2, 0) is 66.1 Å². The summed E-state index contributed by atoms with van der Waals surface area (Å²) < 4.78 is 0. The van der Waals surface area contributed by atoms with Gasteiger partial charge in [-0.05, 0) is 49.2 Å². The van der Waals surface area contributed by atoms with Crippen molar-refractivity contribution in [1.82, 2.24) is 0 Å². The van der Waals surface area contributed by atoms with Gasteiger partial charge < -0.3 is 0 Å². The van der Waals surface area contributed by atoms with E-state index in [0.717, 1.165) is 24.3 Å². The Morgan fingerprint density at radius 3 is 1.14 bits per heavy atom. The molecule has 0 saturated heterocycles. The topological polar surface area (TPSA) is 159 Å². The number of Topliss-reactive ketones (excluding diaryl/α,β-unsaturated/α-hetero) is 1. The van der Waals surface area contributed by atoms with E-state index in [9.17, 15) is 24.0 Å². The van der Waals surface area contributed by atoms with Crippen LogP contribution in [-0.4, -0.2) is 40.9 Å². The normalized spacial score (nSPS) is 13.0. The van der Waals surface area contributed by atoms with Gasteiger partial charge in [0.1, 0.15) is 0 Å². The molecule has 0 aliphatic carbocycles. The van der Waals surface area contributed by atoms with Gasteiger partial charge >= 0.3 is 23.9 Å². The second kappa shape index (κ2) is 16.2. The number of carbonyl (C=O) groups excluding carboxylic acids is 5. The highest BCUT2D eigenvalue weighted by Crippen LogP contribution is 2.31. The van der Waals surface area contributed by atoms with Gasteiger partial charge in [-0.15, -0.1) is 0 Å². The predicted molar refractivity (Wildman–Crippen MR) is 151 cm³/mol. The van der Waals surface area contributed by atoms with Crippen LogP contribution in [0.5, 0.6) is 11.5 Å². The predicted octanol–water partition coefficient (Wildman–Crippen LogP) is 3.93. The van der Waals surface area contributed by atoms with Gasteiger partial charge in [-0.2, -0.15) is 9.78 Å². The van der Waals surface area contributed by atoms with Gasteiger partial charge in [0.05, 0.1) is 0 Å². The SMILES string of the molecule is C=CC(=O)OOc1ccc(CC(C)(OOC(=O)C=C)C(=O)C(C)(Cc2ccc(OOC(=O)C=C)cc2)OOC(=O)C=C)cc1. The summed E-state index contributed by atoms with van der Waals surface area (Å²) in [5.41, 5.74) is -2.90. The molecule has 0 amide bonds. The zero-order chi connectivity index (χ0) is 32.8. The zero-order valence-corrected chi connectivity index (χ0v) is 24.0. The summed E-state index contributed by atoms with van der Waals surface area (Å²) in [5.74, 6) is -4.06. The van der Waals surface area contributed by atoms with Crippen molar-refractivity contribution in [3.05, 3.63) is 110 Å². The Balaban J connectivity index is 2.40. The minimum atomic E-state index is -1.94. The number of hydrogen-bond donors (Lipinski definition) is 0. The number of rotatable bonds is 18. The molecule has 0 aliphatic rings. The first-order valence-electron chi connectivity index (χ1n) is 12.7. The van der Waals surface area contributed by atoms with Crippen LogP contribution in [0.3, 0.4) is 0 Å². The minimum absolute atomic E-state index is 0.159. The van der Waals surface area contributed by atoms with Crippen LogP contribution >= 0.6 is 0 Å². The van der Waals surface area contributed by atoms with E-state index in [1.165, 1.54) is 62.4 Å². The second-order valence-electron chi connectivity index (χ2n) is 9.19. The van der Waals surface area contributed by atoms with Gasteiger partial charge in [-0.1, -0.05) is 50.6 Å². The first-order valence-corrected chi connectivity index (χ1v) is 12.7. The molecule has 2 aromatic carbocycles. The number of carbonyl (C=O) groups is 5. The largest absolute Gasteiger partial charge is 0.378 e. The molecule has 2 rings (SSSR count). The smallest absolute Gasteiger partial charge is 0.293 e. The summed E-state index contributed by atoms with van der Waals surface area (Å²) in [7, 11) is 0. The molecular formula is C31H30O13. The fourth-order valence-corrected chi connectivity index (χ4v) is 3.54. The molecule has 0 aromatic heterocycles. The summed E-state index contributed by atoms with van der Waals surface area (Å²) >= 11 is 0. The van der Waals surface area contributed by atoms with Crippen LogP contribution in [0.25, 0.3) is 0 Å². The molecule has 0 fully saturated rings. The number of ketones is 1. The van der Waals surface area contributed by atoms with Crippen molar-refractivity contribution in [3.63, 3.8) is 0 Å². The van der Waals surface area contributed by atoms with Gasteiger partial charge in [-0.3, -0.25) is 24.3 Å². The fourth-order valence-electron chi connectivity index (χ4n) is 3.54. The molecule has 13 heteroatoms. The molecule has 2 aromatic rings. The Labute approximate surface area is 252 Å². The molecule has 0 N–H and O–H groups in total. The lowest BCUT2D eigenvalue weighted by atomic mass is 9.80. The van der Waals surface area contributed by atoms with Crippen molar-refractivity contribution >= 4 is 29.7 Å². The maximum atomic E-state index is 14.2. The third-order valence-corrected chi connectivity index (χ3v) is 5.61. The van der Waals surface area contributed by atoms with E-state index in [1.54, 1.807) is 0 Å². The molecule has 232 valence electrons. The molecule has 44 heavy (non-hydrogen) atoms. The molecule has 13 nitrogen and oxygen atoms in total. The third kappa shape index (κ3) is 10.4. The highest BCUT2D eigenvalue weighted by atomic mass is 17.2. The molecule has 0 heterocycles. The molecule has 0 radical (unpaired) electrons. The maximum absolute atomic E-state index is 14.2.